The van der Waals surface area contributed by atoms with Gasteiger partial charge in [0.1, 0.15) is 17.5 Å². The highest BCUT2D eigenvalue weighted by Crippen LogP contribution is 2.22. The van der Waals surface area contributed by atoms with E-state index in [1.54, 1.807) is 12.0 Å². The van der Waals surface area contributed by atoms with E-state index in [0.717, 1.165) is 53.9 Å². The van der Waals surface area contributed by atoms with E-state index >= 15 is 0 Å². The third-order valence-corrected chi connectivity index (χ3v) is 7.69. The minimum Gasteiger partial charge on any atom is -0.497 e. The highest BCUT2D eigenvalue weighted by Gasteiger charge is 2.32. The molecule has 0 aliphatic heterocycles. The summed E-state index contributed by atoms with van der Waals surface area (Å²) in [7, 11) is 1.63. The average molecular weight is 543 g/mol. The van der Waals surface area contributed by atoms with Crippen LogP contribution in [0, 0.1) is 6.92 Å². The van der Waals surface area contributed by atoms with Crippen molar-refractivity contribution in [3.63, 3.8) is 0 Å². The molecule has 1 aliphatic rings. The molecule has 0 aromatic heterocycles. The zero-order valence-corrected chi connectivity index (χ0v) is 23.8. The predicted octanol–water partition coefficient (Wildman–Crippen LogP) is 6.25. The quantitative estimate of drug-likeness (QED) is 0.259. The van der Waals surface area contributed by atoms with Gasteiger partial charge in [-0.2, -0.15) is 0 Å². The molecule has 1 aliphatic carbocycles. The molecule has 6 nitrogen and oxygen atoms in total. The summed E-state index contributed by atoms with van der Waals surface area (Å²) < 4.78 is 11.1. The second-order valence-electron chi connectivity index (χ2n) is 10.6. The standard InChI is InChI=1S/C34H42N2O4/c1-26-12-9-10-15-28(26)25-36(33(37)18-11-23-40-31-21-19-30(39-2)20-22-31)32(24-27-13-5-3-6-14-27)34(38)35-29-16-7-4-8-17-29/h3,5-6,9-10,12-15,19-22,29,32H,4,7-8,11,16-18,23-25H2,1-2H3,(H,35,38). The number of hydrogen-bond acceptors (Lipinski definition) is 4. The molecule has 3 aromatic carbocycles. The molecule has 212 valence electrons. The second kappa shape index (κ2) is 15.1. The largest absolute Gasteiger partial charge is 0.497 e. The van der Waals surface area contributed by atoms with E-state index in [4.69, 9.17) is 9.47 Å². The first-order chi connectivity index (χ1) is 19.5. The van der Waals surface area contributed by atoms with Crippen molar-refractivity contribution < 1.29 is 19.1 Å². The monoisotopic (exact) mass is 542 g/mol. The van der Waals surface area contributed by atoms with Crippen molar-refractivity contribution in [1.82, 2.24) is 10.2 Å². The Balaban J connectivity index is 1.51. The van der Waals surface area contributed by atoms with Crippen molar-refractivity contribution in [2.45, 2.75) is 76.9 Å². The molecule has 1 saturated carbocycles. The summed E-state index contributed by atoms with van der Waals surface area (Å²) >= 11 is 0. The number of carbonyl (C=O) groups excluding carboxylic acids is 2. The van der Waals surface area contributed by atoms with Crippen LogP contribution >= 0.6 is 0 Å². The van der Waals surface area contributed by atoms with Gasteiger partial charge in [0, 0.05) is 25.4 Å². The van der Waals surface area contributed by atoms with Crippen LogP contribution in [0.15, 0.2) is 78.9 Å². The fourth-order valence-corrected chi connectivity index (χ4v) is 5.30. The maximum Gasteiger partial charge on any atom is 0.243 e. The summed E-state index contributed by atoms with van der Waals surface area (Å²) in [6.45, 7) is 2.85. The lowest BCUT2D eigenvalue weighted by atomic mass is 9.94. The SMILES string of the molecule is COc1ccc(OCCCC(=O)N(Cc2ccccc2C)C(Cc2ccccc2)C(=O)NC2CCCCC2)cc1. The molecule has 0 spiro atoms. The molecular weight excluding hydrogens is 500 g/mol. The Morgan fingerprint density at radius 3 is 2.27 bits per heavy atom. The van der Waals surface area contributed by atoms with Crippen molar-refractivity contribution >= 4 is 11.8 Å². The molecule has 3 aromatic rings. The maximum atomic E-state index is 13.9. The molecule has 0 radical (unpaired) electrons. The van der Waals surface area contributed by atoms with E-state index in [1.165, 1.54) is 6.42 Å². The Labute approximate surface area is 238 Å². The third-order valence-electron chi connectivity index (χ3n) is 7.69. The first kappa shape index (κ1) is 29.2. The van der Waals surface area contributed by atoms with E-state index in [1.807, 2.05) is 72.8 Å². The third kappa shape index (κ3) is 8.60. The van der Waals surface area contributed by atoms with E-state index in [-0.39, 0.29) is 17.9 Å². The summed E-state index contributed by atoms with van der Waals surface area (Å²) in [5.74, 6) is 1.40. The Morgan fingerprint density at radius 1 is 0.900 bits per heavy atom. The van der Waals surface area contributed by atoms with Gasteiger partial charge in [0.2, 0.25) is 11.8 Å². The van der Waals surface area contributed by atoms with Gasteiger partial charge in [0.15, 0.2) is 0 Å². The van der Waals surface area contributed by atoms with E-state index in [9.17, 15) is 9.59 Å². The van der Waals surface area contributed by atoms with Crippen LogP contribution in [0.1, 0.15) is 61.6 Å². The van der Waals surface area contributed by atoms with Gasteiger partial charge in [-0.25, -0.2) is 0 Å². The van der Waals surface area contributed by atoms with Gasteiger partial charge in [-0.1, -0.05) is 73.9 Å². The molecular formula is C34H42N2O4. The van der Waals surface area contributed by atoms with Gasteiger partial charge in [-0.15, -0.1) is 0 Å². The summed E-state index contributed by atoms with van der Waals surface area (Å²) in [6, 6.07) is 25.1. The van der Waals surface area contributed by atoms with Crippen LogP contribution in [0.4, 0.5) is 0 Å². The Kier molecular flexibility index (Phi) is 11.0. The first-order valence-electron chi connectivity index (χ1n) is 14.5. The van der Waals surface area contributed by atoms with E-state index in [2.05, 4.69) is 18.3 Å². The number of carbonyl (C=O) groups is 2. The summed E-state index contributed by atoms with van der Waals surface area (Å²) in [5, 5.41) is 3.31. The number of aryl methyl sites for hydroxylation is 1. The topological polar surface area (TPSA) is 67.9 Å². The molecule has 0 bridgehead atoms. The number of methoxy groups -OCH3 is 1. The van der Waals surface area contributed by atoms with Crippen LogP contribution in [-0.2, 0) is 22.6 Å². The van der Waals surface area contributed by atoms with Crippen LogP contribution in [0.25, 0.3) is 0 Å². The number of hydrogen-bond donors (Lipinski definition) is 1. The van der Waals surface area contributed by atoms with Crippen LogP contribution in [0.3, 0.4) is 0 Å². The van der Waals surface area contributed by atoms with Crippen molar-refractivity contribution in [2.75, 3.05) is 13.7 Å². The van der Waals surface area contributed by atoms with Gasteiger partial charge in [-0.3, -0.25) is 9.59 Å². The zero-order chi connectivity index (χ0) is 28.2. The minimum atomic E-state index is -0.598. The molecule has 40 heavy (non-hydrogen) atoms. The predicted molar refractivity (Wildman–Crippen MR) is 158 cm³/mol. The lowest BCUT2D eigenvalue weighted by molar-refractivity contribution is -0.141. The summed E-state index contributed by atoms with van der Waals surface area (Å²) in [4.78, 5) is 29.5. The van der Waals surface area contributed by atoms with Crippen LogP contribution in [-0.4, -0.2) is 42.5 Å². The van der Waals surface area contributed by atoms with Gasteiger partial charge in [0.05, 0.1) is 13.7 Å². The van der Waals surface area contributed by atoms with E-state index < -0.39 is 6.04 Å². The molecule has 1 N–H and O–H groups in total. The van der Waals surface area contributed by atoms with Crippen molar-refractivity contribution in [2.24, 2.45) is 0 Å². The molecule has 0 saturated heterocycles. The normalized spacial score (nSPS) is 14.2. The highest BCUT2D eigenvalue weighted by molar-refractivity contribution is 5.88. The Bertz CT molecular complexity index is 1210. The summed E-state index contributed by atoms with van der Waals surface area (Å²) in [6.07, 6.45) is 6.80. The summed E-state index contributed by atoms with van der Waals surface area (Å²) in [5.41, 5.74) is 3.19. The smallest absolute Gasteiger partial charge is 0.243 e. The zero-order valence-electron chi connectivity index (χ0n) is 23.8. The van der Waals surface area contributed by atoms with Gasteiger partial charge in [0.25, 0.3) is 0 Å². The van der Waals surface area contributed by atoms with Crippen LogP contribution < -0.4 is 14.8 Å². The Morgan fingerprint density at radius 2 is 1.57 bits per heavy atom. The highest BCUT2D eigenvalue weighted by atomic mass is 16.5. The maximum absolute atomic E-state index is 13.9. The number of benzene rings is 3. The molecule has 1 atom stereocenters. The van der Waals surface area contributed by atoms with Crippen molar-refractivity contribution in [3.8, 4) is 11.5 Å². The molecule has 1 unspecified atom stereocenters. The number of nitrogens with zero attached hydrogens (tertiary/aromatic N) is 1. The van der Waals surface area contributed by atoms with Gasteiger partial charge < -0.3 is 19.7 Å². The van der Waals surface area contributed by atoms with E-state index in [0.29, 0.717) is 32.4 Å². The number of ether oxygens (including phenoxy) is 2. The molecule has 4 rings (SSSR count). The molecule has 2 amide bonds. The first-order valence-corrected chi connectivity index (χ1v) is 14.5. The fraction of sp³-hybridized carbons (Fsp3) is 0.412. The molecule has 1 fully saturated rings. The van der Waals surface area contributed by atoms with Crippen LogP contribution in [0.2, 0.25) is 0 Å². The van der Waals surface area contributed by atoms with Crippen molar-refractivity contribution in [3.05, 3.63) is 95.6 Å². The van der Waals surface area contributed by atoms with Crippen molar-refractivity contribution in [1.29, 1.82) is 0 Å². The minimum absolute atomic E-state index is 0.0405. The number of amides is 2. The van der Waals surface area contributed by atoms with Gasteiger partial charge in [-0.05, 0) is 67.1 Å². The average Bonchev–Trinajstić information content (AvgIpc) is 2.99. The Hall–Kier alpha value is -3.80. The number of rotatable bonds is 13. The molecule has 0 heterocycles. The molecule has 6 heteroatoms. The fourth-order valence-electron chi connectivity index (χ4n) is 5.30. The van der Waals surface area contributed by atoms with Gasteiger partial charge >= 0.3 is 0 Å². The number of nitrogens with one attached hydrogen (secondary N) is 1. The second-order valence-corrected chi connectivity index (χ2v) is 10.6. The lowest BCUT2D eigenvalue weighted by Crippen LogP contribution is -2.52. The van der Waals surface area contributed by atoms with Crippen LogP contribution in [0.5, 0.6) is 11.5 Å². The lowest BCUT2D eigenvalue weighted by Gasteiger charge is -2.34.